The molecule has 20 heavy (non-hydrogen) atoms. The Balaban J connectivity index is 2.50. The normalized spacial score (nSPS) is 10.4. The third kappa shape index (κ3) is 3.19. The predicted molar refractivity (Wildman–Crippen MR) is 66.2 cm³/mol. The zero-order chi connectivity index (χ0) is 14.7. The lowest BCUT2D eigenvalue weighted by atomic mass is 10.1. The molecule has 2 rings (SSSR count). The van der Waals surface area contributed by atoms with Crippen LogP contribution < -0.4 is 4.74 Å². The fourth-order valence-corrected chi connectivity index (χ4v) is 1.73. The molecule has 6 nitrogen and oxygen atoms in total. The van der Waals surface area contributed by atoms with E-state index in [1.165, 1.54) is 18.2 Å². The quantitative estimate of drug-likeness (QED) is 0.860. The van der Waals surface area contributed by atoms with E-state index in [1.54, 1.807) is 0 Å². The van der Waals surface area contributed by atoms with Gasteiger partial charge in [-0.25, -0.2) is 9.18 Å². The number of carboxylic acids is 2. The minimum atomic E-state index is -1.17. The van der Waals surface area contributed by atoms with Gasteiger partial charge in [-0.15, -0.1) is 0 Å². The van der Waals surface area contributed by atoms with Gasteiger partial charge in [-0.3, -0.25) is 9.78 Å². The number of carboxylic acid groups (broad SMARTS) is 2. The predicted octanol–water partition coefficient (Wildman–Crippen LogP) is 1.46. The Bertz CT molecular complexity index is 686. The van der Waals surface area contributed by atoms with Gasteiger partial charge in [0.1, 0.15) is 11.6 Å². The summed E-state index contributed by atoms with van der Waals surface area (Å²) in [5.41, 5.74) is 0.375. The zero-order valence-electron chi connectivity index (χ0n) is 10.2. The molecule has 0 saturated heterocycles. The summed E-state index contributed by atoms with van der Waals surface area (Å²) >= 11 is 0. The Hall–Kier alpha value is -2.70. The summed E-state index contributed by atoms with van der Waals surface area (Å²) in [6.07, 6.45) is -0.365. The van der Waals surface area contributed by atoms with Crippen molar-refractivity contribution in [2.75, 3.05) is 6.61 Å². The highest BCUT2D eigenvalue weighted by Gasteiger charge is 2.11. The average molecular weight is 279 g/mol. The van der Waals surface area contributed by atoms with Gasteiger partial charge in [0, 0.05) is 17.5 Å². The highest BCUT2D eigenvalue weighted by molar-refractivity contribution is 5.86. The number of rotatable bonds is 5. The number of pyridine rings is 1. The second-order valence-corrected chi connectivity index (χ2v) is 4.03. The summed E-state index contributed by atoms with van der Waals surface area (Å²) in [5.74, 6) is -2.63. The molecule has 0 aliphatic heterocycles. The van der Waals surface area contributed by atoms with Gasteiger partial charge in [-0.2, -0.15) is 0 Å². The molecule has 0 aliphatic rings. The lowest BCUT2D eigenvalue weighted by Gasteiger charge is -2.09. The maximum atomic E-state index is 13.2. The van der Waals surface area contributed by atoms with Crippen molar-refractivity contribution in [3.8, 4) is 5.75 Å². The molecule has 1 aromatic carbocycles. The van der Waals surface area contributed by atoms with E-state index in [1.807, 2.05) is 0 Å². The van der Waals surface area contributed by atoms with Crippen molar-refractivity contribution in [2.45, 2.75) is 6.42 Å². The van der Waals surface area contributed by atoms with Gasteiger partial charge in [-0.05, 0) is 12.1 Å². The maximum absolute atomic E-state index is 13.2. The summed E-state index contributed by atoms with van der Waals surface area (Å²) in [5, 5.41) is 17.8. The van der Waals surface area contributed by atoms with Crippen molar-refractivity contribution in [1.29, 1.82) is 0 Å². The molecular formula is C13H10FNO5. The molecule has 1 heterocycles. The van der Waals surface area contributed by atoms with Crippen molar-refractivity contribution in [2.24, 2.45) is 0 Å². The van der Waals surface area contributed by atoms with E-state index < -0.39 is 24.4 Å². The second-order valence-electron chi connectivity index (χ2n) is 4.03. The van der Waals surface area contributed by atoms with Crippen LogP contribution in [0, 0.1) is 5.82 Å². The number of benzene rings is 1. The molecule has 7 heteroatoms. The SMILES string of the molecule is O=C(O)COc1cc(CC(=O)O)nc2cc(F)ccc12. The Kier molecular flexibility index (Phi) is 3.79. The van der Waals surface area contributed by atoms with Crippen molar-refractivity contribution in [3.05, 3.63) is 35.8 Å². The van der Waals surface area contributed by atoms with E-state index in [4.69, 9.17) is 14.9 Å². The van der Waals surface area contributed by atoms with Crippen LogP contribution in [0.25, 0.3) is 10.9 Å². The number of carbonyl (C=O) groups is 2. The van der Waals surface area contributed by atoms with Gasteiger partial charge in [0.2, 0.25) is 0 Å². The molecule has 2 aromatic rings. The first-order valence-electron chi connectivity index (χ1n) is 5.61. The first-order valence-corrected chi connectivity index (χ1v) is 5.61. The van der Waals surface area contributed by atoms with Crippen LogP contribution >= 0.6 is 0 Å². The van der Waals surface area contributed by atoms with Crippen LogP contribution in [0.1, 0.15) is 5.69 Å². The summed E-state index contributed by atoms with van der Waals surface area (Å²) < 4.78 is 18.3. The molecule has 104 valence electrons. The van der Waals surface area contributed by atoms with Gasteiger partial charge in [0.05, 0.1) is 17.6 Å². The fraction of sp³-hybridized carbons (Fsp3) is 0.154. The number of aromatic nitrogens is 1. The van der Waals surface area contributed by atoms with Crippen molar-refractivity contribution in [3.63, 3.8) is 0 Å². The number of ether oxygens (including phenoxy) is 1. The average Bonchev–Trinajstić information content (AvgIpc) is 2.34. The first kappa shape index (κ1) is 13.7. The first-order chi connectivity index (χ1) is 9.45. The summed E-state index contributed by atoms with van der Waals surface area (Å²) in [4.78, 5) is 25.2. The van der Waals surface area contributed by atoms with Gasteiger partial charge in [-0.1, -0.05) is 0 Å². The lowest BCUT2D eigenvalue weighted by molar-refractivity contribution is -0.139. The lowest BCUT2D eigenvalue weighted by Crippen LogP contribution is -2.11. The highest BCUT2D eigenvalue weighted by Crippen LogP contribution is 2.26. The number of hydrogen-bond donors (Lipinski definition) is 2. The second kappa shape index (κ2) is 5.52. The Morgan fingerprint density at radius 1 is 1.20 bits per heavy atom. The van der Waals surface area contributed by atoms with Crippen LogP contribution in [0.15, 0.2) is 24.3 Å². The number of aliphatic carboxylic acids is 2. The number of halogens is 1. The van der Waals surface area contributed by atoms with Gasteiger partial charge >= 0.3 is 11.9 Å². The van der Waals surface area contributed by atoms with Gasteiger partial charge in [0.15, 0.2) is 6.61 Å². The maximum Gasteiger partial charge on any atom is 0.341 e. The number of fused-ring (bicyclic) bond motifs is 1. The van der Waals surface area contributed by atoms with E-state index in [0.717, 1.165) is 6.07 Å². The van der Waals surface area contributed by atoms with E-state index in [9.17, 15) is 14.0 Å². The minimum absolute atomic E-state index is 0.161. The standard InChI is InChI=1S/C13H10FNO5/c14-7-1-2-9-10(3-7)15-8(5-12(16)17)4-11(9)20-6-13(18)19/h1-4H,5-6H2,(H,16,17)(H,18,19). The minimum Gasteiger partial charge on any atom is -0.481 e. The van der Waals surface area contributed by atoms with E-state index in [2.05, 4.69) is 4.98 Å². The fourth-order valence-electron chi connectivity index (χ4n) is 1.73. The Labute approximate surface area is 112 Å². The zero-order valence-corrected chi connectivity index (χ0v) is 10.2. The molecular weight excluding hydrogens is 269 g/mol. The molecule has 0 amide bonds. The van der Waals surface area contributed by atoms with E-state index in [-0.39, 0.29) is 23.4 Å². The molecule has 1 aromatic heterocycles. The van der Waals surface area contributed by atoms with Crippen LogP contribution in [0.2, 0.25) is 0 Å². The topological polar surface area (TPSA) is 96.7 Å². The van der Waals surface area contributed by atoms with Crippen LogP contribution in [0.3, 0.4) is 0 Å². The van der Waals surface area contributed by atoms with Crippen molar-refractivity contribution >= 4 is 22.8 Å². The van der Waals surface area contributed by atoms with Gasteiger partial charge < -0.3 is 14.9 Å². The molecule has 0 saturated carbocycles. The molecule has 0 atom stereocenters. The summed E-state index contributed by atoms with van der Waals surface area (Å²) in [6.45, 7) is -0.580. The van der Waals surface area contributed by atoms with Crippen LogP contribution in [-0.2, 0) is 16.0 Å². The smallest absolute Gasteiger partial charge is 0.341 e. The van der Waals surface area contributed by atoms with Gasteiger partial charge in [0.25, 0.3) is 0 Å². The van der Waals surface area contributed by atoms with Crippen molar-refractivity contribution < 1.29 is 28.9 Å². The summed E-state index contributed by atoms with van der Waals surface area (Å²) in [6, 6.07) is 5.07. The molecule has 0 aliphatic carbocycles. The van der Waals surface area contributed by atoms with Crippen LogP contribution in [0.5, 0.6) is 5.75 Å². The Morgan fingerprint density at radius 3 is 2.60 bits per heavy atom. The molecule has 2 N–H and O–H groups in total. The highest BCUT2D eigenvalue weighted by atomic mass is 19.1. The molecule has 0 fully saturated rings. The monoisotopic (exact) mass is 279 g/mol. The van der Waals surface area contributed by atoms with Crippen molar-refractivity contribution in [1.82, 2.24) is 4.98 Å². The largest absolute Gasteiger partial charge is 0.481 e. The number of nitrogens with zero attached hydrogens (tertiary/aromatic N) is 1. The molecule has 0 unspecified atom stereocenters. The van der Waals surface area contributed by atoms with Crippen LogP contribution in [-0.4, -0.2) is 33.7 Å². The third-order valence-corrected chi connectivity index (χ3v) is 2.47. The number of hydrogen-bond acceptors (Lipinski definition) is 4. The molecule has 0 spiro atoms. The van der Waals surface area contributed by atoms with E-state index >= 15 is 0 Å². The summed E-state index contributed by atoms with van der Waals surface area (Å²) in [7, 11) is 0. The molecule has 0 bridgehead atoms. The molecule has 0 radical (unpaired) electrons. The third-order valence-electron chi connectivity index (χ3n) is 2.47. The van der Waals surface area contributed by atoms with E-state index in [0.29, 0.717) is 5.39 Å². The Morgan fingerprint density at radius 2 is 1.95 bits per heavy atom. The van der Waals surface area contributed by atoms with Crippen LogP contribution in [0.4, 0.5) is 4.39 Å².